The van der Waals surface area contributed by atoms with Crippen LogP contribution in [0.15, 0.2) is 29.6 Å². The minimum absolute atomic E-state index is 0.0755. The number of piperidine rings is 1. The molecule has 1 unspecified atom stereocenters. The number of hydrogen-bond acceptors (Lipinski definition) is 5. The number of alkyl halides is 3. The Kier molecular flexibility index (Phi) is 6.15. The minimum Gasteiger partial charge on any atom is -0.366 e. The van der Waals surface area contributed by atoms with Crippen molar-refractivity contribution in [3.8, 4) is 0 Å². The fraction of sp³-hybridized carbons (Fsp3) is 0.500. The SMILES string of the molecule is CCC1c2ccsc2CCN1C(=O)C1CCN(c2ccc(C(F)(F)F)cc2[N+](=O)[O-])CC1. The lowest BCUT2D eigenvalue weighted by atomic mass is 9.91. The Bertz CT molecular complexity index is 1020. The summed E-state index contributed by atoms with van der Waals surface area (Å²) in [5.41, 5.74) is -0.200. The molecular formula is C22H24F3N3O3S. The predicted molar refractivity (Wildman–Crippen MR) is 116 cm³/mol. The lowest BCUT2D eigenvalue weighted by Crippen LogP contribution is -2.46. The Morgan fingerprint density at radius 3 is 2.56 bits per heavy atom. The molecule has 0 N–H and O–H groups in total. The van der Waals surface area contributed by atoms with Crippen LogP contribution in [0.5, 0.6) is 0 Å². The van der Waals surface area contributed by atoms with Crippen molar-refractivity contribution in [3.63, 3.8) is 0 Å². The number of carbonyl (C=O) groups excluding carboxylic acids is 1. The first-order valence-electron chi connectivity index (χ1n) is 10.7. The molecule has 6 nitrogen and oxygen atoms in total. The summed E-state index contributed by atoms with van der Waals surface area (Å²) in [7, 11) is 0. The Labute approximate surface area is 187 Å². The third-order valence-corrected chi connectivity index (χ3v) is 7.45. The molecule has 2 aliphatic rings. The van der Waals surface area contributed by atoms with Crippen molar-refractivity contribution in [2.24, 2.45) is 5.92 Å². The molecule has 2 aromatic rings. The zero-order chi connectivity index (χ0) is 23.0. The number of nitrogens with zero attached hydrogens (tertiary/aromatic N) is 3. The van der Waals surface area contributed by atoms with Crippen molar-refractivity contribution in [3.05, 3.63) is 55.8 Å². The van der Waals surface area contributed by atoms with E-state index >= 15 is 0 Å². The summed E-state index contributed by atoms with van der Waals surface area (Å²) in [6.07, 6.45) is -1.92. The highest BCUT2D eigenvalue weighted by atomic mass is 32.1. The van der Waals surface area contributed by atoms with E-state index in [4.69, 9.17) is 0 Å². The molecule has 2 aliphatic heterocycles. The van der Waals surface area contributed by atoms with Gasteiger partial charge in [0.25, 0.3) is 5.69 Å². The van der Waals surface area contributed by atoms with Crippen molar-refractivity contribution in [1.82, 2.24) is 4.90 Å². The van der Waals surface area contributed by atoms with Gasteiger partial charge in [-0.3, -0.25) is 14.9 Å². The monoisotopic (exact) mass is 467 g/mol. The number of anilines is 1. The molecule has 1 atom stereocenters. The first kappa shape index (κ1) is 22.6. The number of nitro benzene ring substituents is 1. The van der Waals surface area contributed by atoms with Gasteiger partial charge < -0.3 is 9.80 Å². The van der Waals surface area contributed by atoms with Crippen LogP contribution in [-0.4, -0.2) is 35.4 Å². The number of thiophene rings is 1. The molecule has 10 heteroatoms. The summed E-state index contributed by atoms with van der Waals surface area (Å²) in [5.74, 6) is -0.0794. The van der Waals surface area contributed by atoms with E-state index in [9.17, 15) is 28.1 Å². The number of benzene rings is 1. The highest BCUT2D eigenvalue weighted by Gasteiger charge is 2.37. The molecule has 0 bridgehead atoms. The third-order valence-electron chi connectivity index (χ3n) is 6.45. The molecule has 172 valence electrons. The number of amides is 1. The second kappa shape index (κ2) is 8.73. The number of rotatable bonds is 4. The topological polar surface area (TPSA) is 66.7 Å². The van der Waals surface area contributed by atoms with Crippen LogP contribution in [0.1, 0.15) is 48.2 Å². The molecule has 4 rings (SSSR count). The molecule has 0 radical (unpaired) electrons. The molecular weight excluding hydrogens is 443 g/mol. The maximum absolute atomic E-state index is 13.3. The van der Waals surface area contributed by atoms with Gasteiger partial charge in [0, 0.05) is 36.5 Å². The van der Waals surface area contributed by atoms with Crippen LogP contribution >= 0.6 is 11.3 Å². The molecule has 0 saturated carbocycles. The number of nitro groups is 1. The lowest BCUT2D eigenvalue weighted by Gasteiger charge is -2.40. The zero-order valence-electron chi connectivity index (χ0n) is 17.6. The first-order valence-corrected chi connectivity index (χ1v) is 11.6. The zero-order valence-corrected chi connectivity index (χ0v) is 18.4. The van der Waals surface area contributed by atoms with Gasteiger partial charge in [0.2, 0.25) is 5.91 Å². The molecule has 1 aromatic carbocycles. The average molecular weight is 468 g/mol. The maximum Gasteiger partial charge on any atom is 0.416 e. The van der Waals surface area contributed by atoms with Gasteiger partial charge in [0.05, 0.1) is 16.5 Å². The fourth-order valence-corrected chi connectivity index (χ4v) is 5.74. The standard InChI is InChI=1S/C22H24F3N3O3S/c1-2-17-16-8-12-32-20(16)7-11-27(17)21(29)14-5-9-26(10-6-14)18-4-3-15(22(23,24)25)13-19(18)28(30)31/h3-4,8,12-14,17H,2,5-7,9-11H2,1H3. The molecule has 1 amide bonds. The Hall–Kier alpha value is -2.62. The summed E-state index contributed by atoms with van der Waals surface area (Å²) >= 11 is 1.73. The van der Waals surface area contributed by atoms with Gasteiger partial charge >= 0.3 is 6.18 Å². The number of carbonyl (C=O) groups is 1. The normalized spacial score (nSPS) is 19.7. The quantitative estimate of drug-likeness (QED) is 0.444. The Morgan fingerprint density at radius 2 is 1.94 bits per heavy atom. The van der Waals surface area contributed by atoms with E-state index in [0.29, 0.717) is 38.5 Å². The van der Waals surface area contributed by atoms with Crippen LogP contribution in [0, 0.1) is 16.0 Å². The van der Waals surface area contributed by atoms with Crippen LogP contribution in [0.4, 0.5) is 24.5 Å². The summed E-state index contributed by atoms with van der Waals surface area (Å²) in [5, 5.41) is 13.5. The molecule has 1 aromatic heterocycles. The van der Waals surface area contributed by atoms with E-state index in [0.717, 1.165) is 18.9 Å². The van der Waals surface area contributed by atoms with E-state index in [1.54, 1.807) is 16.2 Å². The van der Waals surface area contributed by atoms with Crippen LogP contribution in [0.25, 0.3) is 0 Å². The highest BCUT2D eigenvalue weighted by molar-refractivity contribution is 7.10. The summed E-state index contributed by atoms with van der Waals surface area (Å²) in [6.45, 7) is 3.54. The van der Waals surface area contributed by atoms with Crippen LogP contribution in [-0.2, 0) is 17.4 Å². The van der Waals surface area contributed by atoms with Gasteiger partial charge in [-0.25, -0.2) is 0 Å². The van der Waals surface area contributed by atoms with Crippen LogP contribution < -0.4 is 4.90 Å². The molecule has 3 heterocycles. The van der Waals surface area contributed by atoms with E-state index in [1.807, 2.05) is 4.90 Å². The van der Waals surface area contributed by atoms with Crippen molar-refractivity contribution >= 4 is 28.6 Å². The smallest absolute Gasteiger partial charge is 0.366 e. The highest BCUT2D eigenvalue weighted by Crippen LogP contribution is 2.39. The van der Waals surface area contributed by atoms with Crippen LogP contribution in [0.3, 0.4) is 0 Å². The van der Waals surface area contributed by atoms with Crippen molar-refractivity contribution in [2.75, 3.05) is 24.5 Å². The second-order valence-electron chi connectivity index (χ2n) is 8.22. The largest absolute Gasteiger partial charge is 0.416 e. The van der Waals surface area contributed by atoms with Crippen LogP contribution in [0.2, 0.25) is 0 Å². The average Bonchev–Trinajstić information content (AvgIpc) is 3.26. The van der Waals surface area contributed by atoms with Gasteiger partial charge in [-0.05, 0) is 54.8 Å². The van der Waals surface area contributed by atoms with Gasteiger partial charge in [-0.2, -0.15) is 13.2 Å². The second-order valence-corrected chi connectivity index (χ2v) is 9.23. The van der Waals surface area contributed by atoms with E-state index < -0.39 is 22.4 Å². The van der Waals surface area contributed by atoms with Gasteiger partial charge in [-0.15, -0.1) is 11.3 Å². The number of halogens is 3. The third kappa shape index (κ3) is 4.20. The summed E-state index contributed by atoms with van der Waals surface area (Å²) in [4.78, 5) is 29.0. The Balaban J connectivity index is 1.47. The van der Waals surface area contributed by atoms with Crippen molar-refractivity contribution in [1.29, 1.82) is 0 Å². The molecule has 32 heavy (non-hydrogen) atoms. The van der Waals surface area contributed by atoms with Gasteiger partial charge in [0.1, 0.15) is 5.69 Å². The maximum atomic E-state index is 13.3. The number of fused-ring (bicyclic) bond motifs is 1. The molecule has 1 saturated heterocycles. The fourth-order valence-electron chi connectivity index (χ4n) is 4.82. The van der Waals surface area contributed by atoms with E-state index in [1.165, 1.54) is 16.5 Å². The molecule has 1 fully saturated rings. The molecule has 0 aliphatic carbocycles. The van der Waals surface area contributed by atoms with E-state index in [2.05, 4.69) is 18.4 Å². The van der Waals surface area contributed by atoms with Gasteiger partial charge in [0.15, 0.2) is 0 Å². The molecule has 0 spiro atoms. The van der Waals surface area contributed by atoms with Crippen molar-refractivity contribution in [2.45, 2.75) is 44.8 Å². The Morgan fingerprint density at radius 1 is 1.22 bits per heavy atom. The summed E-state index contributed by atoms with van der Waals surface area (Å²) < 4.78 is 38.9. The van der Waals surface area contributed by atoms with E-state index in [-0.39, 0.29) is 23.6 Å². The minimum atomic E-state index is -4.64. The number of hydrogen-bond donors (Lipinski definition) is 0. The van der Waals surface area contributed by atoms with Gasteiger partial charge in [-0.1, -0.05) is 6.92 Å². The predicted octanol–water partition coefficient (Wildman–Crippen LogP) is 5.43. The first-order chi connectivity index (χ1) is 15.2. The summed E-state index contributed by atoms with van der Waals surface area (Å²) in [6, 6.07) is 4.80. The van der Waals surface area contributed by atoms with Crippen molar-refractivity contribution < 1.29 is 22.9 Å². The lowest BCUT2D eigenvalue weighted by molar-refractivity contribution is -0.384.